The Bertz CT molecular complexity index is 777. The number of urea groups is 2. The molecule has 8 nitrogen and oxygen atoms in total. The number of hydrogen-bond acceptors (Lipinski definition) is 4. The molecule has 1 aliphatic carbocycles. The zero-order chi connectivity index (χ0) is 19.7. The molecule has 2 saturated heterocycles. The molecule has 5 amide bonds. The van der Waals surface area contributed by atoms with Gasteiger partial charge < -0.3 is 19.9 Å². The fraction of sp³-hybridized carbons (Fsp3) is 0.550. The number of benzene rings is 1. The van der Waals surface area contributed by atoms with Crippen molar-refractivity contribution in [1.29, 1.82) is 0 Å². The minimum absolute atomic E-state index is 0.133. The molecule has 1 N–H and O–H groups in total. The Labute approximate surface area is 164 Å². The molecule has 3 aliphatic rings. The molecular weight excluding hydrogens is 360 g/mol. The number of carbonyl (C=O) groups excluding carboxylic acids is 3. The van der Waals surface area contributed by atoms with E-state index in [2.05, 4.69) is 5.32 Å². The van der Waals surface area contributed by atoms with Crippen LogP contribution >= 0.6 is 0 Å². The molecule has 2 heterocycles. The number of piperazine rings is 1. The highest BCUT2D eigenvalue weighted by atomic mass is 16.5. The third-order valence-electron chi connectivity index (χ3n) is 5.85. The fourth-order valence-electron chi connectivity index (χ4n) is 4.28. The van der Waals surface area contributed by atoms with E-state index < -0.39 is 6.04 Å². The maximum atomic E-state index is 13.0. The number of fused-ring (bicyclic) bond motifs is 1. The molecule has 2 aliphatic heterocycles. The monoisotopic (exact) mass is 386 g/mol. The van der Waals surface area contributed by atoms with Crippen LogP contribution in [0.2, 0.25) is 0 Å². The standard InChI is InChI=1S/C20H26N4O4/c1-28-16-9-5-8-15(12-16)24-18(25)17-13-22(10-11-23(17)20(24)27)19(26)21-14-6-3-2-4-7-14/h5,8-9,12,14,17H,2-4,6-7,10-11,13H2,1H3,(H,21,26). The number of rotatable bonds is 3. The second-order valence-corrected chi connectivity index (χ2v) is 7.60. The van der Waals surface area contributed by atoms with Gasteiger partial charge in [-0.15, -0.1) is 0 Å². The molecule has 3 fully saturated rings. The van der Waals surface area contributed by atoms with Crippen LogP contribution in [0.1, 0.15) is 32.1 Å². The van der Waals surface area contributed by atoms with E-state index in [1.54, 1.807) is 41.2 Å². The summed E-state index contributed by atoms with van der Waals surface area (Å²) in [6.07, 6.45) is 5.53. The van der Waals surface area contributed by atoms with E-state index in [4.69, 9.17) is 4.74 Å². The number of nitrogens with one attached hydrogen (secondary N) is 1. The van der Waals surface area contributed by atoms with E-state index in [0.717, 1.165) is 25.7 Å². The van der Waals surface area contributed by atoms with Crippen LogP contribution in [0.4, 0.5) is 15.3 Å². The molecule has 0 radical (unpaired) electrons. The summed E-state index contributed by atoms with van der Waals surface area (Å²) in [5.41, 5.74) is 0.488. The largest absolute Gasteiger partial charge is 0.497 e. The summed E-state index contributed by atoms with van der Waals surface area (Å²) in [7, 11) is 1.54. The van der Waals surface area contributed by atoms with Gasteiger partial charge in [-0.2, -0.15) is 0 Å². The first-order valence-electron chi connectivity index (χ1n) is 9.92. The lowest BCUT2D eigenvalue weighted by molar-refractivity contribution is -0.120. The molecule has 1 saturated carbocycles. The maximum absolute atomic E-state index is 13.0. The van der Waals surface area contributed by atoms with E-state index in [-0.39, 0.29) is 30.6 Å². The Balaban J connectivity index is 1.45. The van der Waals surface area contributed by atoms with Crippen LogP contribution in [0.25, 0.3) is 0 Å². The average molecular weight is 386 g/mol. The van der Waals surface area contributed by atoms with Crippen molar-refractivity contribution in [3.05, 3.63) is 24.3 Å². The Morgan fingerprint density at radius 2 is 1.93 bits per heavy atom. The minimum Gasteiger partial charge on any atom is -0.497 e. The molecule has 1 unspecified atom stereocenters. The number of hydrogen-bond donors (Lipinski definition) is 1. The van der Waals surface area contributed by atoms with Gasteiger partial charge in [-0.1, -0.05) is 25.3 Å². The normalized spacial score (nSPS) is 23.0. The van der Waals surface area contributed by atoms with Gasteiger partial charge in [0.05, 0.1) is 19.3 Å². The van der Waals surface area contributed by atoms with Crippen LogP contribution in [0.5, 0.6) is 5.75 Å². The van der Waals surface area contributed by atoms with Crippen molar-refractivity contribution < 1.29 is 19.1 Å². The maximum Gasteiger partial charge on any atom is 0.332 e. The summed E-state index contributed by atoms with van der Waals surface area (Å²) < 4.78 is 5.20. The Hall–Kier alpha value is -2.77. The third-order valence-corrected chi connectivity index (χ3v) is 5.85. The molecule has 28 heavy (non-hydrogen) atoms. The summed E-state index contributed by atoms with van der Waals surface area (Å²) in [5.74, 6) is 0.282. The highest BCUT2D eigenvalue weighted by Crippen LogP contribution is 2.30. The van der Waals surface area contributed by atoms with E-state index in [1.165, 1.54) is 11.3 Å². The van der Waals surface area contributed by atoms with Gasteiger partial charge in [0.2, 0.25) is 0 Å². The predicted molar refractivity (Wildman–Crippen MR) is 103 cm³/mol. The molecule has 1 aromatic carbocycles. The topological polar surface area (TPSA) is 82.2 Å². The minimum atomic E-state index is -0.635. The van der Waals surface area contributed by atoms with Crippen LogP contribution in [-0.4, -0.2) is 66.6 Å². The molecule has 0 bridgehead atoms. The van der Waals surface area contributed by atoms with Gasteiger partial charge >= 0.3 is 12.1 Å². The smallest absolute Gasteiger partial charge is 0.332 e. The first-order valence-corrected chi connectivity index (χ1v) is 9.92. The number of nitrogens with zero attached hydrogens (tertiary/aromatic N) is 3. The van der Waals surface area contributed by atoms with Crippen molar-refractivity contribution >= 4 is 23.7 Å². The molecule has 1 aromatic rings. The summed E-state index contributed by atoms with van der Waals surface area (Å²) in [6, 6.07) is 6.00. The quantitative estimate of drug-likeness (QED) is 0.808. The van der Waals surface area contributed by atoms with Crippen molar-refractivity contribution in [2.45, 2.75) is 44.2 Å². The van der Waals surface area contributed by atoms with Crippen LogP contribution in [0.3, 0.4) is 0 Å². The number of amides is 5. The van der Waals surface area contributed by atoms with Gasteiger partial charge in [0.1, 0.15) is 11.8 Å². The van der Waals surface area contributed by atoms with Gasteiger partial charge in [0.25, 0.3) is 5.91 Å². The lowest BCUT2D eigenvalue weighted by Crippen LogP contribution is -2.57. The molecule has 0 aromatic heterocycles. The highest BCUT2D eigenvalue weighted by Gasteiger charge is 2.49. The lowest BCUT2D eigenvalue weighted by Gasteiger charge is -2.36. The highest BCUT2D eigenvalue weighted by molar-refractivity contribution is 6.21. The average Bonchev–Trinajstić information content (AvgIpc) is 2.98. The van der Waals surface area contributed by atoms with Crippen molar-refractivity contribution in [3.63, 3.8) is 0 Å². The number of anilines is 1. The molecule has 0 spiro atoms. The molecule has 4 rings (SSSR count). The first kappa shape index (κ1) is 18.6. The van der Waals surface area contributed by atoms with Crippen LogP contribution in [0, 0.1) is 0 Å². The first-order chi connectivity index (χ1) is 13.6. The second kappa shape index (κ2) is 7.69. The Morgan fingerprint density at radius 1 is 1.14 bits per heavy atom. The molecular formula is C20H26N4O4. The van der Waals surface area contributed by atoms with E-state index in [1.807, 2.05) is 0 Å². The van der Waals surface area contributed by atoms with E-state index in [9.17, 15) is 14.4 Å². The van der Waals surface area contributed by atoms with Crippen LogP contribution in [-0.2, 0) is 4.79 Å². The van der Waals surface area contributed by atoms with Crippen molar-refractivity contribution in [2.75, 3.05) is 31.6 Å². The van der Waals surface area contributed by atoms with Gasteiger partial charge in [-0.05, 0) is 25.0 Å². The number of methoxy groups -OCH3 is 1. The third kappa shape index (κ3) is 3.39. The fourth-order valence-corrected chi connectivity index (χ4v) is 4.28. The van der Waals surface area contributed by atoms with Gasteiger partial charge in [-0.3, -0.25) is 4.79 Å². The molecule has 1 atom stereocenters. The van der Waals surface area contributed by atoms with Gasteiger partial charge in [0, 0.05) is 25.2 Å². The van der Waals surface area contributed by atoms with Crippen molar-refractivity contribution in [2.24, 2.45) is 0 Å². The number of imide groups is 1. The van der Waals surface area contributed by atoms with Gasteiger partial charge in [0.15, 0.2) is 0 Å². The molecule has 8 heteroatoms. The Morgan fingerprint density at radius 3 is 2.68 bits per heavy atom. The summed E-state index contributed by atoms with van der Waals surface area (Å²) in [6.45, 7) is 1.01. The number of carbonyl (C=O) groups is 3. The van der Waals surface area contributed by atoms with Crippen molar-refractivity contribution in [1.82, 2.24) is 15.1 Å². The summed E-state index contributed by atoms with van der Waals surface area (Å²) in [4.78, 5) is 42.9. The summed E-state index contributed by atoms with van der Waals surface area (Å²) in [5, 5.41) is 3.09. The van der Waals surface area contributed by atoms with E-state index in [0.29, 0.717) is 24.5 Å². The van der Waals surface area contributed by atoms with Crippen molar-refractivity contribution in [3.8, 4) is 5.75 Å². The predicted octanol–water partition coefficient (Wildman–Crippen LogP) is 2.19. The summed E-state index contributed by atoms with van der Waals surface area (Å²) >= 11 is 0. The number of ether oxygens (including phenoxy) is 1. The lowest BCUT2D eigenvalue weighted by atomic mass is 9.96. The second-order valence-electron chi connectivity index (χ2n) is 7.60. The zero-order valence-electron chi connectivity index (χ0n) is 16.1. The van der Waals surface area contributed by atoms with Crippen LogP contribution < -0.4 is 15.0 Å². The SMILES string of the molecule is COc1cccc(N2C(=O)C3CN(C(=O)NC4CCCCC4)CCN3C2=O)c1. The van der Waals surface area contributed by atoms with Crippen LogP contribution in [0.15, 0.2) is 24.3 Å². The molecule has 150 valence electrons. The zero-order valence-corrected chi connectivity index (χ0v) is 16.1. The van der Waals surface area contributed by atoms with Gasteiger partial charge in [-0.25, -0.2) is 14.5 Å². The van der Waals surface area contributed by atoms with E-state index >= 15 is 0 Å². The Kier molecular flexibility index (Phi) is 5.11.